The second-order valence-electron chi connectivity index (χ2n) is 6.41. The summed E-state index contributed by atoms with van der Waals surface area (Å²) in [5.41, 5.74) is 0.943. The van der Waals surface area contributed by atoms with Gasteiger partial charge in [0.15, 0.2) is 5.75 Å². The molecular weight excluding hydrogens is 336 g/mol. The minimum absolute atomic E-state index is 0.137. The number of halogens is 1. The van der Waals surface area contributed by atoms with Gasteiger partial charge in [-0.25, -0.2) is 0 Å². The predicted octanol–water partition coefficient (Wildman–Crippen LogP) is 5.16. The molecule has 1 aromatic carbocycles. The molecule has 0 aromatic heterocycles. The van der Waals surface area contributed by atoms with Gasteiger partial charge in [-0.15, -0.1) is 0 Å². The lowest BCUT2D eigenvalue weighted by atomic mass is 10.2. The van der Waals surface area contributed by atoms with Gasteiger partial charge in [-0.2, -0.15) is 0 Å². The van der Waals surface area contributed by atoms with Crippen LogP contribution in [0.25, 0.3) is 0 Å². The standard InChI is InChI=1S/C15H25BrO3Si/c1-10-13(17-5)11(16)9-12(14(10)18-6)19-20(7,8)15(2,3)4/h9H,1-8H3. The van der Waals surface area contributed by atoms with Crippen LogP contribution in [0.1, 0.15) is 26.3 Å². The molecular formula is C15H25BrO3Si. The summed E-state index contributed by atoms with van der Waals surface area (Å²) in [6.07, 6.45) is 0. The van der Waals surface area contributed by atoms with Crippen LogP contribution in [0.5, 0.6) is 17.2 Å². The van der Waals surface area contributed by atoms with Crippen molar-refractivity contribution in [1.29, 1.82) is 0 Å². The summed E-state index contributed by atoms with van der Waals surface area (Å²) in [5.74, 6) is 2.31. The highest BCUT2D eigenvalue weighted by Crippen LogP contribution is 2.45. The van der Waals surface area contributed by atoms with Crippen molar-refractivity contribution in [2.45, 2.75) is 45.8 Å². The molecule has 0 heterocycles. The summed E-state index contributed by atoms with van der Waals surface area (Å²) < 4.78 is 18.2. The quantitative estimate of drug-likeness (QED) is 0.694. The van der Waals surface area contributed by atoms with Gasteiger partial charge in [0.2, 0.25) is 0 Å². The SMILES string of the molecule is COc1c(Br)cc(O[Si](C)(C)C(C)(C)C)c(OC)c1C. The van der Waals surface area contributed by atoms with Crippen LogP contribution in [0.3, 0.4) is 0 Å². The molecule has 0 N–H and O–H groups in total. The zero-order chi connectivity index (χ0) is 15.7. The van der Waals surface area contributed by atoms with Crippen molar-refractivity contribution in [3.63, 3.8) is 0 Å². The van der Waals surface area contributed by atoms with Crippen molar-refractivity contribution >= 4 is 24.2 Å². The average Bonchev–Trinajstić information content (AvgIpc) is 2.27. The maximum absolute atomic E-state index is 6.38. The Hall–Kier alpha value is -0.683. The molecule has 114 valence electrons. The van der Waals surface area contributed by atoms with E-state index in [0.717, 1.165) is 27.3 Å². The first-order valence-corrected chi connectivity index (χ1v) is 10.4. The van der Waals surface area contributed by atoms with E-state index in [1.165, 1.54) is 0 Å². The Balaban J connectivity index is 3.33. The van der Waals surface area contributed by atoms with Crippen molar-refractivity contribution in [2.75, 3.05) is 14.2 Å². The molecule has 3 nitrogen and oxygen atoms in total. The van der Waals surface area contributed by atoms with Gasteiger partial charge >= 0.3 is 0 Å². The van der Waals surface area contributed by atoms with Gasteiger partial charge in [-0.3, -0.25) is 0 Å². The lowest BCUT2D eigenvalue weighted by Gasteiger charge is -2.37. The maximum atomic E-state index is 6.38. The number of methoxy groups -OCH3 is 2. The lowest BCUT2D eigenvalue weighted by molar-refractivity contribution is 0.368. The first-order chi connectivity index (χ1) is 9.05. The lowest BCUT2D eigenvalue weighted by Crippen LogP contribution is -2.44. The maximum Gasteiger partial charge on any atom is 0.250 e. The molecule has 0 radical (unpaired) electrons. The number of benzene rings is 1. The molecule has 5 heteroatoms. The van der Waals surface area contributed by atoms with Crippen LogP contribution in [0.2, 0.25) is 18.1 Å². The Kier molecular flexibility index (Phi) is 5.19. The van der Waals surface area contributed by atoms with Crippen LogP contribution in [0, 0.1) is 6.92 Å². The van der Waals surface area contributed by atoms with E-state index in [1.54, 1.807) is 14.2 Å². The van der Waals surface area contributed by atoms with Crippen LogP contribution in [0.4, 0.5) is 0 Å². The molecule has 0 unspecified atom stereocenters. The summed E-state index contributed by atoms with van der Waals surface area (Å²) in [6.45, 7) is 13.1. The molecule has 0 fully saturated rings. The van der Waals surface area contributed by atoms with Gasteiger partial charge in [0, 0.05) is 11.6 Å². The highest BCUT2D eigenvalue weighted by molar-refractivity contribution is 9.10. The highest BCUT2D eigenvalue weighted by Gasteiger charge is 2.40. The summed E-state index contributed by atoms with van der Waals surface area (Å²) in [6, 6.07) is 1.94. The van der Waals surface area contributed by atoms with Crippen LogP contribution in [0.15, 0.2) is 10.5 Å². The van der Waals surface area contributed by atoms with E-state index < -0.39 is 8.32 Å². The van der Waals surface area contributed by atoms with E-state index in [4.69, 9.17) is 13.9 Å². The van der Waals surface area contributed by atoms with Gasteiger partial charge in [0.1, 0.15) is 11.5 Å². The third kappa shape index (κ3) is 3.31. The molecule has 0 saturated heterocycles. The fraction of sp³-hybridized carbons (Fsp3) is 0.600. The monoisotopic (exact) mass is 360 g/mol. The molecule has 20 heavy (non-hydrogen) atoms. The van der Waals surface area contributed by atoms with Crippen LogP contribution < -0.4 is 13.9 Å². The van der Waals surface area contributed by atoms with Gasteiger partial charge < -0.3 is 13.9 Å². The highest BCUT2D eigenvalue weighted by atomic mass is 79.9. The van der Waals surface area contributed by atoms with E-state index in [9.17, 15) is 0 Å². The average molecular weight is 361 g/mol. The second-order valence-corrected chi connectivity index (χ2v) is 12.0. The third-order valence-electron chi connectivity index (χ3n) is 3.96. The van der Waals surface area contributed by atoms with Crippen LogP contribution in [-0.2, 0) is 0 Å². The summed E-state index contributed by atoms with van der Waals surface area (Å²) in [4.78, 5) is 0. The molecule has 0 aliphatic carbocycles. The fourth-order valence-electron chi connectivity index (χ4n) is 1.72. The molecule has 1 rings (SSSR count). The second kappa shape index (κ2) is 5.98. The van der Waals surface area contributed by atoms with Crippen LogP contribution in [-0.4, -0.2) is 22.5 Å². The van der Waals surface area contributed by atoms with Crippen molar-refractivity contribution in [1.82, 2.24) is 0 Å². The van der Waals surface area contributed by atoms with Gasteiger partial charge in [-0.05, 0) is 41.0 Å². The first kappa shape index (κ1) is 17.4. The van der Waals surface area contributed by atoms with Crippen molar-refractivity contribution in [3.8, 4) is 17.2 Å². The fourth-order valence-corrected chi connectivity index (χ4v) is 3.40. The summed E-state index contributed by atoms with van der Waals surface area (Å²) >= 11 is 3.53. The topological polar surface area (TPSA) is 27.7 Å². The van der Waals surface area contributed by atoms with E-state index in [0.29, 0.717) is 0 Å². The van der Waals surface area contributed by atoms with Crippen LogP contribution >= 0.6 is 15.9 Å². The van der Waals surface area contributed by atoms with Crippen molar-refractivity contribution in [2.24, 2.45) is 0 Å². The Morgan fingerprint density at radius 3 is 1.95 bits per heavy atom. The Morgan fingerprint density at radius 2 is 1.55 bits per heavy atom. The van der Waals surface area contributed by atoms with Crippen molar-refractivity contribution in [3.05, 3.63) is 16.1 Å². The van der Waals surface area contributed by atoms with Gasteiger partial charge in [0.25, 0.3) is 8.32 Å². The molecule has 0 spiro atoms. The molecule has 1 aromatic rings. The molecule has 0 bridgehead atoms. The largest absolute Gasteiger partial charge is 0.541 e. The molecule has 0 amide bonds. The number of hydrogen-bond acceptors (Lipinski definition) is 3. The van der Waals surface area contributed by atoms with Crippen molar-refractivity contribution < 1.29 is 13.9 Å². The van der Waals surface area contributed by atoms with E-state index in [-0.39, 0.29) is 5.04 Å². The number of rotatable bonds is 4. The molecule has 0 aliphatic heterocycles. The van der Waals surface area contributed by atoms with Gasteiger partial charge in [-0.1, -0.05) is 20.8 Å². The zero-order valence-corrected chi connectivity index (χ0v) is 16.3. The normalized spacial score (nSPS) is 12.2. The Bertz CT molecular complexity index is 493. The minimum atomic E-state index is -1.91. The Labute approximate surface area is 131 Å². The summed E-state index contributed by atoms with van der Waals surface area (Å²) in [7, 11) is 1.41. The van der Waals surface area contributed by atoms with E-state index >= 15 is 0 Å². The first-order valence-electron chi connectivity index (χ1n) is 6.65. The minimum Gasteiger partial charge on any atom is -0.541 e. The summed E-state index contributed by atoms with van der Waals surface area (Å²) in [5, 5.41) is 0.137. The predicted molar refractivity (Wildman–Crippen MR) is 89.8 cm³/mol. The number of hydrogen-bond donors (Lipinski definition) is 0. The third-order valence-corrected chi connectivity index (χ3v) is 8.89. The molecule has 0 atom stereocenters. The molecule has 0 saturated carbocycles. The smallest absolute Gasteiger partial charge is 0.250 e. The molecule has 0 aliphatic rings. The van der Waals surface area contributed by atoms with E-state index in [1.807, 2.05) is 13.0 Å². The number of ether oxygens (including phenoxy) is 2. The Morgan fingerprint density at radius 1 is 1.05 bits per heavy atom. The van der Waals surface area contributed by atoms with E-state index in [2.05, 4.69) is 49.8 Å². The zero-order valence-electron chi connectivity index (χ0n) is 13.7. The van der Waals surface area contributed by atoms with Gasteiger partial charge in [0.05, 0.1) is 18.7 Å².